The Kier molecular flexibility index (Phi) is 6.64. The minimum absolute atomic E-state index is 0. The molecular weight excluding hydrogens is 268 g/mol. The Balaban J connectivity index is 0.00000147. The highest BCUT2D eigenvalue weighted by molar-refractivity contribution is 5.85. The molecule has 3 aliphatic rings. The van der Waals surface area contributed by atoms with Gasteiger partial charge < -0.3 is 5.32 Å². The number of likely N-dealkylation sites (tertiary alicyclic amines) is 1. The second-order valence-corrected chi connectivity index (χ2v) is 7.19. The van der Waals surface area contributed by atoms with Gasteiger partial charge in [-0.2, -0.15) is 0 Å². The van der Waals surface area contributed by atoms with E-state index in [1.165, 1.54) is 96.7 Å². The van der Waals surface area contributed by atoms with Gasteiger partial charge in [-0.25, -0.2) is 0 Å². The van der Waals surface area contributed by atoms with E-state index < -0.39 is 0 Å². The van der Waals surface area contributed by atoms with Crippen LogP contribution in [0.4, 0.5) is 0 Å². The van der Waals surface area contributed by atoms with Crippen LogP contribution < -0.4 is 5.32 Å². The summed E-state index contributed by atoms with van der Waals surface area (Å²) < 4.78 is 0. The standard InChI is InChI=1S/C17H32N2.ClH/c1-5-11-17(12-6-1,19-13-7-2-8-14-19)15-18-16-9-3-4-10-16;/h16,18H,1-15H2;1H. The van der Waals surface area contributed by atoms with Gasteiger partial charge in [0.25, 0.3) is 0 Å². The van der Waals surface area contributed by atoms with Crippen molar-refractivity contribution >= 4 is 12.4 Å². The summed E-state index contributed by atoms with van der Waals surface area (Å²) in [6.45, 7) is 4.01. The number of piperidine rings is 1. The maximum Gasteiger partial charge on any atom is 0.0334 e. The molecule has 0 amide bonds. The summed E-state index contributed by atoms with van der Waals surface area (Å²) in [5.41, 5.74) is 0.529. The van der Waals surface area contributed by atoms with Gasteiger partial charge >= 0.3 is 0 Å². The van der Waals surface area contributed by atoms with E-state index in [2.05, 4.69) is 10.2 Å². The van der Waals surface area contributed by atoms with Crippen molar-refractivity contribution in [1.82, 2.24) is 10.2 Å². The molecule has 0 radical (unpaired) electrons. The second kappa shape index (κ2) is 8.00. The number of halogens is 1. The normalized spacial score (nSPS) is 28.2. The molecular formula is C17H33ClN2. The molecule has 0 atom stereocenters. The molecule has 118 valence electrons. The Hall–Kier alpha value is 0.210. The summed E-state index contributed by atoms with van der Waals surface area (Å²) >= 11 is 0. The van der Waals surface area contributed by atoms with Crippen LogP contribution in [0.15, 0.2) is 0 Å². The lowest BCUT2D eigenvalue weighted by Gasteiger charge is -2.49. The average Bonchev–Trinajstić information content (AvgIpc) is 3.01. The first kappa shape index (κ1) is 16.6. The molecule has 3 fully saturated rings. The zero-order valence-corrected chi connectivity index (χ0v) is 13.9. The van der Waals surface area contributed by atoms with Crippen molar-refractivity contribution in [2.24, 2.45) is 0 Å². The summed E-state index contributed by atoms with van der Waals surface area (Å²) in [6, 6.07) is 0.837. The third-order valence-corrected chi connectivity index (χ3v) is 5.89. The molecule has 0 aromatic heterocycles. The largest absolute Gasteiger partial charge is 0.312 e. The molecule has 0 spiro atoms. The van der Waals surface area contributed by atoms with Gasteiger partial charge in [-0.15, -0.1) is 12.4 Å². The summed E-state index contributed by atoms with van der Waals surface area (Å²) in [5, 5.41) is 3.95. The minimum Gasteiger partial charge on any atom is -0.312 e. The first-order valence-corrected chi connectivity index (χ1v) is 8.88. The van der Waals surface area contributed by atoms with Crippen LogP contribution in [0.2, 0.25) is 0 Å². The Labute approximate surface area is 131 Å². The van der Waals surface area contributed by atoms with Crippen molar-refractivity contribution in [2.75, 3.05) is 19.6 Å². The molecule has 1 aliphatic heterocycles. The molecule has 0 unspecified atom stereocenters. The zero-order valence-electron chi connectivity index (χ0n) is 13.0. The fourth-order valence-electron chi connectivity index (χ4n) is 4.65. The Bertz CT molecular complexity index is 264. The van der Waals surface area contributed by atoms with E-state index in [0.717, 1.165) is 6.04 Å². The van der Waals surface area contributed by atoms with Gasteiger partial charge in [0.15, 0.2) is 0 Å². The van der Waals surface area contributed by atoms with Crippen LogP contribution in [-0.2, 0) is 0 Å². The molecule has 0 bridgehead atoms. The van der Waals surface area contributed by atoms with Crippen molar-refractivity contribution < 1.29 is 0 Å². The molecule has 2 aliphatic carbocycles. The second-order valence-electron chi connectivity index (χ2n) is 7.19. The number of nitrogens with one attached hydrogen (secondary N) is 1. The molecule has 1 heterocycles. The maximum atomic E-state index is 3.95. The first-order chi connectivity index (χ1) is 9.39. The number of rotatable bonds is 4. The van der Waals surface area contributed by atoms with Gasteiger partial charge in [0, 0.05) is 18.1 Å². The summed E-state index contributed by atoms with van der Waals surface area (Å²) in [6.07, 6.45) is 17.4. The molecule has 1 N–H and O–H groups in total. The SMILES string of the molecule is C1CCN(C2(CNC3CCCC3)CCCCC2)CC1.Cl. The van der Waals surface area contributed by atoms with Crippen LogP contribution in [0.3, 0.4) is 0 Å². The maximum absolute atomic E-state index is 3.95. The minimum atomic E-state index is 0. The van der Waals surface area contributed by atoms with E-state index in [0.29, 0.717) is 5.54 Å². The highest BCUT2D eigenvalue weighted by Gasteiger charge is 2.38. The van der Waals surface area contributed by atoms with Crippen LogP contribution in [0.25, 0.3) is 0 Å². The summed E-state index contributed by atoms with van der Waals surface area (Å²) in [7, 11) is 0. The van der Waals surface area contributed by atoms with E-state index >= 15 is 0 Å². The lowest BCUT2D eigenvalue weighted by atomic mass is 9.79. The summed E-state index contributed by atoms with van der Waals surface area (Å²) in [5.74, 6) is 0. The molecule has 3 heteroatoms. The van der Waals surface area contributed by atoms with Gasteiger partial charge in [-0.3, -0.25) is 4.90 Å². The Morgan fingerprint density at radius 2 is 1.40 bits per heavy atom. The van der Waals surface area contributed by atoms with Crippen LogP contribution >= 0.6 is 12.4 Å². The van der Waals surface area contributed by atoms with Crippen LogP contribution in [-0.4, -0.2) is 36.1 Å². The smallest absolute Gasteiger partial charge is 0.0334 e. The molecule has 0 aromatic rings. The van der Waals surface area contributed by atoms with E-state index in [-0.39, 0.29) is 12.4 Å². The molecule has 3 rings (SSSR count). The molecule has 20 heavy (non-hydrogen) atoms. The van der Waals surface area contributed by atoms with Crippen molar-refractivity contribution in [1.29, 1.82) is 0 Å². The van der Waals surface area contributed by atoms with E-state index in [9.17, 15) is 0 Å². The first-order valence-electron chi connectivity index (χ1n) is 8.88. The highest BCUT2D eigenvalue weighted by atomic mass is 35.5. The van der Waals surface area contributed by atoms with Gasteiger partial charge in [0.2, 0.25) is 0 Å². The topological polar surface area (TPSA) is 15.3 Å². The van der Waals surface area contributed by atoms with Crippen LogP contribution in [0.5, 0.6) is 0 Å². The van der Waals surface area contributed by atoms with Crippen LogP contribution in [0.1, 0.15) is 77.0 Å². The van der Waals surface area contributed by atoms with Gasteiger partial charge in [-0.05, 0) is 51.6 Å². The Morgan fingerprint density at radius 3 is 2.05 bits per heavy atom. The third kappa shape index (κ3) is 3.90. The summed E-state index contributed by atoms with van der Waals surface area (Å²) in [4.78, 5) is 2.87. The van der Waals surface area contributed by atoms with Gasteiger partial charge in [0.05, 0.1) is 0 Å². The van der Waals surface area contributed by atoms with Crippen LogP contribution in [0, 0.1) is 0 Å². The predicted molar refractivity (Wildman–Crippen MR) is 88.7 cm³/mol. The fraction of sp³-hybridized carbons (Fsp3) is 1.00. The molecule has 2 saturated carbocycles. The van der Waals surface area contributed by atoms with Crippen molar-refractivity contribution in [3.05, 3.63) is 0 Å². The lowest BCUT2D eigenvalue weighted by Crippen LogP contribution is -2.58. The zero-order chi connectivity index (χ0) is 13.0. The fourth-order valence-corrected chi connectivity index (χ4v) is 4.65. The molecule has 0 aromatic carbocycles. The van der Waals surface area contributed by atoms with E-state index in [1.807, 2.05) is 0 Å². The highest BCUT2D eigenvalue weighted by Crippen LogP contribution is 2.35. The number of hydrogen-bond donors (Lipinski definition) is 1. The number of hydrogen-bond acceptors (Lipinski definition) is 2. The third-order valence-electron chi connectivity index (χ3n) is 5.89. The van der Waals surface area contributed by atoms with E-state index in [1.54, 1.807) is 0 Å². The molecule has 1 saturated heterocycles. The quantitative estimate of drug-likeness (QED) is 0.840. The van der Waals surface area contributed by atoms with Gasteiger partial charge in [0.1, 0.15) is 0 Å². The lowest BCUT2D eigenvalue weighted by molar-refractivity contribution is 0.0315. The predicted octanol–water partition coefficient (Wildman–Crippen LogP) is 4.13. The Morgan fingerprint density at radius 1 is 0.800 bits per heavy atom. The molecule has 2 nitrogen and oxygen atoms in total. The van der Waals surface area contributed by atoms with Crippen molar-refractivity contribution in [2.45, 2.75) is 88.6 Å². The van der Waals surface area contributed by atoms with Gasteiger partial charge in [-0.1, -0.05) is 38.5 Å². The van der Waals surface area contributed by atoms with E-state index in [4.69, 9.17) is 0 Å². The van der Waals surface area contributed by atoms with Crippen molar-refractivity contribution in [3.8, 4) is 0 Å². The van der Waals surface area contributed by atoms with Crippen molar-refractivity contribution in [3.63, 3.8) is 0 Å². The number of nitrogens with zero attached hydrogens (tertiary/aromatic N) is 1. The monoisotopic (exact) mass is 300 g/mol. The average molecular weight is 301 g/mol.